The van der Waals surface area contributed by atoms with E-state index in [0.717, 1.165) is 0 Å². The van der Waals surface area contributed by atoms with Gasteiger partial charge in [0.1, 0.15) is 0 Å². The molecule has 0 aromatic heterocycles. The third kappa shape index (κ3) is 129. The normalized spacial score (nSPS) is 7.38. The molecule has 0 aromatic rings. The molecule has 0 atom stereocenters. The van der Waals surface area contributed by atoms with Gasteiger partial charge in [-0.25, -0.2) is 0 Å². The Kier molecular flexibility index (Phi) is 24.3. The van der Waals surface area contributed by atoms with Crippen molar-refractivity contribution < 1.29 is 38.1 Å². The largest absolute Gasteiger partial charge is 2.00 e. The zero-order valence-electron chi connectivity index (χ0n) is 3.99. The van der Waals surface area contributed by atoms with E-state index in [0.29, 0.717) is 0 Å². The standard InChI is InChI=1S/Ge.Li.H3O4P.S/c;;1-5(2,3)4;/h;;(H3,1,2,3,4);/q+2;+1;;+2/p-3. The average Bonchev–Trinajstić information content (AvgIpc) is 0.722. The summed E-state index contributed by atoms with van der Waals surface area (Å²) in [7, 11) is -5.39. The van der Waals surface area contributed by atoms with Crippen LogP contribution in [-0.4, -0.2) is 17.6 Å². The van der Waals surface area contributed by atoms with Gasteiger partial charge in [-0.05, 0) is 0 Å². The van der Waals surface area contributed by atoms with Crippen molar-refractivity contribution in [2.45, 2.75) is 0 Å². The summed E-state index contributed by atoms with van der Waals surface area (Å²) in [5, 5.41) is 0. The van der Waals surface area contributed by atoms with Crippen LogP contribution in [-0.2, 0) is 18.1 Å². The van der Waals surface area contributed by atoms with Crippen LogP contribution in [0.2, 0.25) is 0 Å². The Labute approximate surface area is 76.9 Å². The first kappa shape index (κ1) is 22.6. The maximum Gasteiger partial charge on any atom is 2.00 e. The molecule has 38 valence electrons. The van der Waals surface area contributed by atoms with Crippen molar-refractivity contribution in [1.29, 1.82) is 0 Å². The average molecular weight is 207 g/mol. The second-order valence-electron chi connectivity index (χ2n) is 0.447. The molecule has 4 nitrogen and oxygen atoms in total. The van der Waals surface area contributed by atoms with Crippen LogP contribution in [0.25, 0.3) is 0 Å². The molecule has 0 amide bonds. The van der Waals surface area contributed by atoms with Crippen molar-refractivity contribution in [3.05, 3.63) is 0 Å². The first-order chi connectivity index (χ1) is 2.00. The van der Waals surface area contributed by atoms with Gasteiger partial charge in [-0.2, -0.15) is 7.82 Å². The fourth-order valence-electron chi connectivity index (χ4n) is 0. The van der Waals surface area contributed by atoms with Crippen LogP contribution < -0.4 is 33.5 Å². The van der Waals surface area contributed by atoms with Crippen LogP contribution in [0.3, 0.4) is 0 Å². The maximum absolute atomic E-state index is 8.55. The van der Waals surface area contributed by atoms with Gasteiger partial charge in [0.05, 0.1) is 0 Å². The first-order valence-corrected chi connectivity index (χ1v) is 2.19. The quantitative estimate of drug-likeness (QED) is 0.292. The predicted octanol–water partition coefficient (Wildman–Crippen LogP) is -6.20. The van der Waals surface area contributed by atoms with E-state index in [1.165, 1.54) is 0 Å². The molecule has 0 heterocycles. The second kappa shape index (κ2) is 8.60. The summed E-state index contributed by atoms with van der Waals surface area (Å²) in [4.78, 5) is 25.6. The van der Waals surface area contributed by atoms with E-state index in [4.69, 9.17) is 19.2 Å². The van der Waals surface area contributed by atoms with Crippen molar-refractivity contribution in [2.75, 3.05) is 0 Å². The second-order valence-corrected chi connectivity index (χ2v) is 1.34. The topological polar surface area (TPSA) is 86.2 Å². The van der Waals surface area contributed by atoms with Gasteiger partial charge >= 0.3 is 50.0 Å². The van der Waals surface area contributed by atoms with Crippen LogP contribution in [0.15, 0.2) is 0 Å². The molecular weight excluding hydrogens is 207 g/mol. The Morgan fingerprint density at radius 1 is 1.12 bits per heavy atom. The molecule has 0 rings (SSSR count). The van der Waals surface area contributed by atoms with Gasteiger partial charge in [0.25, 0.3) is 0 Å². The molecule has 0 saturated carbocycles. The maximum atomic E-state index is 8.55. The number of hydrogen-bond donors (Lipinski definition) is 0. The third-order valence-corrected chi connectivity index (χ3v) is 0. The molecule has 0 fully saturated rings. The molecule has 0 N–H and O–H groups in total. The molecule has 0 aliphatic rings. The zero-order chi connectivity index (χ0) is 4.50. The molecule has 8 heavy (non-hydrogen) atoms. The molecule has 0 aliphatic carbocycles. The summed E-state index contributed by atoms with van der Waals surface area (Å²) in [5.41, 5.74) is 0. The minimum atomic E-state index is -5.39. The smallest absolute Gasteiger partial charge is 0.822 e. The number of hydrogen-bond acceptors (Lipinski definition) is 4. The van der Waals surface area contributed by atoms with E-state index in [2.05, 4.69) is 0 Å². The van der Waals surface area contributed by atoms with Gasteiger partial charge in [-0.3, -0.25) is 0 Å². The summed E-state index contributed by atoms with van der Waals surface area (Å²) in [6, 6.07) is 0. The Morgan fingerprint density at radius 3 is 1.12 bits per heavy atom. The van der Waals surface area contributed by atoms with Gasteiger partial charge in [0.15, 0.2) is 0 Å². The monoisotopic (exact) mass is 208 g/mol. The van der Waals surface area contributed by atoms with Crippen molar-refractivity contribution in [3.8, 4) is 0 Å². The Balaban J connectivity index is -0.0000000267. The van der Waals surface area contributed by atoms with Crippen LogP contribution in [0.1, 0.15) is 0 Å². The molecule has 0 aliphatic heterocycles. The molecule has 0 saturated heterocycles. The van der Waals surface area contributed by atoms with E-state index in [1.54, 1.807) is 0 Å². The summed E-state index contributed by atoms with van der Waals surface area (Å²) in [6.07, 6.45) is 0. The van der Waals surface area contributed by atoms with E-state index in [-0.39, 0.29) is 50.0 Å². The van der Waals surface area contributed by atoms with Crippen molar-refractivity contribution >= 4 is 38.9 Å². The van der Waals surface area contributed by atoms with Crippen LogP contribution in [0, 0.1) is 0 Å². The van der Waals surface area contributed by atoms with E-state index < -0.39 is 7.82 Å². The molecular formula is GeLiO4PS+2. The van der Waals surface area contributed by atoms with Gasteiger partial charge in [-0.1, -0.05) is 0 Å². The van der Waals surface area contributed by atoms with Crippen molar-refractivity contribution in [2.24, 2.45) is 0 Å². The summed E-state index contributed by atoms with van der Waals surface area (Å²) >= 11 is 0. The summed E-state index contributed by atoms with van der Waals surface area (Å²) in [5.74, 6) is 0. The van der Waals surface area contributed by atoms with Gasteiger partial charge < -0.3 is 19.2 Å². The zero-order valence-corrected chi connectivity index (χ0v) is 7.80. The molecule has 6 radical (unpaired) electrons. The summed E-state index contributed by atoms with van der Waals surface area (Å²) < 4.78 is 8.55. The predicted molar refractivity (Wildman–Crippen MR) is 20.7 cm³/mol. The fraction of sp³-hybridized carbons (Fsp3) is 0. The molecule has 0 bridgehead atoms. The third-order valence-electron chi connectivity index (χ3n) is 0. The van der Waals surface area contributed by atoms with Gasteiger partial charge in [0, 0.05) is 0 Å². The number of rotatable bonds is 0. The summed E-state index contributed by atoms with van der Waals surface area (Å²) in [6.45, 7) is 0. The Hall–Kier alpha value is 1.60. The Bertz CT molecular complexity index is 62.2. The van der Waals surface area contributed by atoms with E-state index in [1.807, 2.05) is 0 Å². The minimum Gasteiger partial charge on any atom is -0.822 e. The van der Waals surface area contributed by atoms with E-state index >= 15 is 0 Å². The fourth-order valence-corrected chi connectivity index (χ4v) is 0. The SMILES string of the molecule is O=P([O-])([O-])[O-].[Ge+2].[Li+].[S+2]. The number of phosphoric acid groups is 1. The molecule has 8 heteroatoms. The molecule has 0 unspecified atom stereocenters. The molecule has 0 aromatic carbocycles. The molecule has 0 spiro atoms. The minimum absolute atomic E-state index is 0. The van der Waals surface area contributed by atoms with Crippen LogP contribution >= 0.6 is 7.82 Å². The van der Waals surface area contributed by atoms with Gasteiger partial charge in [0.2, 0.25) is 0 Å². The Morgan fingerprint density at radius 2 is 1.12 bits per heavy atom. The van der Waals surface area contributed by atoms with Gasteiger partial charge in [-0.15, -0.1) is 0 Å². The van der Waals surface area contributed by atoms with Crippen molar-refractivity contribution in [3.63, 3.8) is 0 Å². The first-order valence-electron chi connectivity index (χ1n) is 0.730. The van der Waals surface area contributed by atoms with Crippen LogP contribution in [0.4, 0.5) is 0 Å². The van der Waals surface area contributed by atoms with E-state index in [9.17, 15) is 0 Å². The van der Waals surface area contributed by atoms with Crippen molar-refractivity contribution in [1.82, 2.24) is 0 Å². The van der Waals surface area contributed by atoms with Crippen LogP contribution in [0.5, 0.6) is 0 Å².